The molecular formula is C17H23FN4O2. The Hall–Kier alpha value is -2.31. The second-order valence-electron chi connectivity index (χ2n) is 6.60. The van der Waals surface area contributed by atoms with Crippen molar-refractivity contribution >= 4 is 17.6 Å². The second-order valence-corrected chi connectivity index (χ2v) is 6.60. The number of primary amides is 1. The number of anilines is 1. The second kappa shape index (κ2) is 7.07. The van der Waals surface area contributed by atoms with Gasteiger partial charge in [-0.05, 0) is 43.0 Å². The molecule has 2 saturated heterocycles. The average molecular weight is 334 g/mol. The molecule has 130 valence electrons. The third-order valence-electron chi connectivity index (χ3n) is 4.90. The minimum absolute atomic E-state index is 0.126. The number of amides is 3. The monoisotopic (exact) mass is 334 g/mol. The topological polar surface area (TPSA) is 78.7 Å². The summed E-state index contributed by atoms with van der Waals surface area (Å²) in [5.74, 6) is -0.428. The van der Waals surface area contributed by atoms with Gasteiger partial charge in [0.05, 0.1) is 5.92 Å². The lowest BCUT2D eigenvalue weighted by Crippen LogP contribution is -2.41. The molecule has 0 aromatic heterocycles. The highest BCUT2D eigenvalue weighted by atomic mass is 19.1. The minimum atomic E-state index is -0.337. The zero-order chi connectivity index (χ0) is 17.1. The Morgan fingerprint density at radius 1 is 1.17 bits per heavy atom. The van der Waals surface area contributed by atoms with Crippen LogP contribution in [0, 0.1) is 17.7 Å². The molecule has 2 heterocycles. The van der Waals surface area contributed by atoms with Crippen LogP contribution in [-0.2, 0) is 4.79 Å². The summed E-state index contributed by atoms with van der Waals surface area (Å²) in [5.41, 5.74) is 6.30. The van der Waals surface area contributed by atoms with Crippen LogP contribution in [0.15, 0.2) is 24.3 Å². The van der Waals surface area contributed by atoms with Crippen LogP contribution >= 0.6 is 0 Å². The van der Waals surface area contributed by atoms with Crippen molar-refractivity contribution in [1.29, 1.82) is 0 Å². The number of benzene rings is 1. The zero-order valence-electron chi connectivity index (χ0n) is 13.6. The molecule has 7 heteroatoms. The van der Waals surface area contributed by atoms with Crippen LogP contribution in [0.3, 0.4) is 0 Å². The summed E-state index contributed by atoms with van der Waals surface area (Å²) >= 11 is 0. The number of halogens is 1. The van der Waals surface area contributed by atoms with Gasteiger partial charge < -0.3 is 20.9 Å². The van der Waals surface area contributed by atoms with Gasteiger partial charge in [-0.2, -0.15) is 0 Å². The number of rotatable bonds is 4. The van der Waals surface area contributed by atoms with Gasteiger partial charge in [0.25, 0.3) is 0 Å². The van der Waals surface area contributed by atoms with Crippen LogP contribution in [0.4, 0.5) is 14.9 Å². The number of urea groups is 1. The average Bonchev–Trinajstić information content (AvgIpc) is 3.23. The highest BCUT2D eigenvalue weighted by molar-refractivity contribution is 5.80. The molecule has 0 spiro atoms. The van der Waals surface area contributed by atoms with Gasteiger partial charge in [0.15, 0.2) is 0 Å². The third-order valence-corrected chi connectivity index (χ3v) is 4.90. The van der Waals surface area contributed by atoms with E-state index in [0.717, 1.165) is 25.2 Å². The maximum Gasteiger partial charge on any atom is 0.317 e. The number of nitrogens with two attached hydrogens (primary N) is 1. The molecule has 0 saturated carbocycles. The van der Waals surface area contributed by atoms with E-state index in [9.17, 15) is 14.0 Å². The number of carbonyl (C=O) groups excluding carboxylic acids is 2. The van der Waals surface area contributed by atoms with Crippen molar-refractivity contribution < 1.29 is 14.0 Å². The van der Waals surface area contributed by atoms with Crippen molar-refractivity contribution in [3.63, 3.8) is 0 Å². The molecular weight excluding hydrogens is 311 g/mol. The normalized spacial score (nSPS) is 23.5. The molecule has 2 fully saturated rings. The Morgan fingerprint density at radius 3 is 2.58 bits per heavy atom. The number of hydrogen-bond donors (Lipinski definition) is 2. The fourth-order valence-corrected chi connectivity index (χ4v) is 3.41. The van der Waals surface area contributed by atoms with E-state index >= 15 is 0 Å². The molecule has 6 nitrogen and oxygen atoms in total. The van der Waals surface area contributed by atoms with Crippen LogP contribution in [0.1, 0.15) is 12.8 Å². The number of hydrogen-bond acceptors (Lipinski definition) is 3. The maximum absolute atomic E-state index is 13.0. The van der Waals surface area contributed by atoms with Crippen LogP contribution in [-0.4, -0.2) is 49.6 Å². The van der Waals surface area contributed by atoms with Crippen molar-refractivity contribution in [3.8, 4) is 0 Å². The van der Waals surface area contributed by atoms with Gasteiger partial charge >= 0.3 is 6.03 Å². The van der Waals surface area contributed by atoms with Crippen molar-refractivity contribution in [3.05, 3.63) is 30.1 Å². The molecule has 3 amide bonds. The summed E-state index contributed by atoms with van der Waals surface area (Å²) < 4.78 is 13.0. The number of nitrogens with one attached hydrogen (secondary N) is 1. The predicted molar refractivity (Wildman–Crippen MR) is 89.0 cm³/mol. The molecule has 24 heavy (non-hydrogen) atoms. The SMILES string of the molecule is NC(=O)[C@H]1CCN(C(=O)NC[C@@H]2CCN(c3ccc(F)cc3)C2)C1. The van der Waals surface area contributed by atoms with E-state index in [1.807, 2.05) is 0 Å². The quantitative estimate of drug-likeness (QED) is 0.867. The highest BCUT2D eigenvalue weighted by Crippen LogP contribution is 2.23. The number of carbonyl (C=O) groups is 2. The van der Waals surface area contributed by atoms with Gasteiger partial charge in [0, 0.05) is 38.4 Å². The van der Waals surface area contributed by atoms with Gasteiger partial charge in [0.1, 0.15) is 5.82 Å². The van der Waals surface area contributed by atoms with Crippen LogP contribution in [0.2, 0.25) is 0 Å². The lowest BCUT2D eigenvalue weighted by Gasteiger charge is -2.20. The highest BCUT2D eigenvalue weighted by Gasteiger charge is 2.30. The molecule has 0 aliphatic carbocycles. The Balaban J connectivity index is 1.44. The van der Waals surface area contributed by atoms with E-state index in [0.29, 0.717) is 32.0 Å². The van der Waals surface area contributed by atoms with Crippen molar-refractivity contribution in [2.75, 3.05) is 37.6 Å². The van der Waals surface area contributed by atoms with Crippen molar-refractivity contribution in [2.24, 2.45) is 17.6 Å². The molecule has 3 N–H and O–H groups in total. The van der Waals surface area contributed by atoms with Crippen LogP contribution < -0.4 is 16.0 Å². The molecule has 2 atom stereocenters. The van der Waals surface area contributed by atoms with E-state index in [1.165, 1.54) is 12.1 Å². The Kier molecular flexibility index (Phi) is 4.87. The summed E-state index contributed by atoms with van der Waals surface area (Å²) in [6.45, 7) is 3.34. The van der Waals surface area contributed by atoms with Gasteiger partial charge in [-0.15, -0.1) is 0 Å². The van der Waals surface area contributed by atoms with Crippen molar-refractivity contribution in [2.45, 2.75) is 12.8 Å². The first-order chi connectivity index (χ1) is 11.5. The summed E-state index contributed by atoms with van der Waals surface area (Å²) in [7, 11) is 0. The van der Waals surface area contributed by atoms with E-state index in [-0.39, 0.29) is 23.7 Å². The molecule has 0 unspecified atom stereocenters. The number of nitrogens with zero attached hydrogens (tertiary/aromatic N) is 2. The first kappa shape index (κ1) is 16.5. The van der Waals surface area contributed by atoms with E-state index < -0.39 is 0 Å². The fraction of sp³-hybridized carbons (Fsp3) is 0.529. The zero-order valence-corrected chi connectivity index (χ0v) is 13.6. The van der Waals surface area contributed by atoms with E-state index in [2.05, 4.69) is 10.2 Å². The molecule has 3 rings (SSSR count). The lowest BCUT2D eigenvalue weighted by molar-refractivity contribution is -0.121. The molecule has 0 bridgehead atoms. The summed E-state index contributed by atoms with van der Waals surface area (Å²) in [4.78, 5) is 27.2. The van der Waals surface area contributed by atoms with Gasteiger partial charge in [-0.1, -0.05) is 0 Å². The smallest absolute Gasteiger partial charge is 0.317 e. The molecule has 0 radical (unpaired) electrons. The van der Waals surface area contributed by atoms with Gasteiger partial charge in [-0.25, -0.2) is 9.18 Å². The van der Waals surface area contributed by atoms with Crippen LogP contribution in [0.5, 0.6) is 0 Å². The Labute approximate surface area is 140 Å². The molecule has 2 aliphatic heterocycles. The van der Waals surface area contributed by atoms with Crippen molar-refractivity contribution in [1.82, 2.24) is 10.2 Å². The fourth-order valence-electron chi connectivity index (χ4n) is 3.41. The predicted octanol–water partition coefficient (Wildman–Crippen LogP) is 1.17. The largest absolute Gasteiger partial charge is 0.371 e. The van der Waals surface area contributed by atoms with E-state index in [1.54, 1.807) is 17.0 Å². The standard InChI is InChI=1S/C17H23FN4O2/c18-14-1-3-15(4-2-14)21-7-5-12(10-21)9-20-17(24)22-8-6-13(11-22)16(19)23/h1-4,12-13H,5-11H2,(H2,19,23)(H,20,24)/t12-,13-/m0/s1. The number of likely N-dealkylation sites (tertiary alicyclic amines) is 1. The van der Waals surface area contributed by atoms with Crippen LogP contribution in [0.25, 0.3) is 0 Å². The molecule has 1 aromatic rings. The summed E-state index contributed by atoms with van der Waals surface area (Å²) in [6.07, 6.45) is 1.63. The Bertz CT molecular complexity index is 607. The maximum atomic E-state index is 13.0. The minimum Gasteiger partial charge on any atom is -0.371 e. The summed E-state index contributed by atoms with van der Waals surface area (Å²) in [5, 5.41) is 2.96. The first-order valence-electron chi connectivity index (χ1n) is 8.35. The van der Waals surface area contributed by atoms with Gasteiger partial charge in [-0.3, -0.25) is 4.79 Å². The Morgan fingerprint density at radius 2 is 1.92 bits per heavy atom. The third kappa shape index (κ3) is 3.77. The molecule has 1 aromatic carbocycles. The molecule has 2 aliphatic rings. The van der Waals surface area contributed by atoms with E-state index in [4.69, 9.17) is 5.73 Å². The lowest BCUT2D eigenvalue weighted by atomic mass is 10.1. The van der Waals surface area contributed by atoms with Gasteiger partial charge in [0.2, 0.25) is 5.91 Å². The summed E-state index contributed by atoms with van der Waals surface area (Å²) in [6, 6.07) is 6.37. The first-order valence-corrected chi connectivity index (χ1v) is 8.35.